The molecule has 362 valence electrons. The Balaban J connectivity index is 0.000000239. The molecule has 0 fully saturated rings. The Bertz CT molecular complexity index is 2790. The Labute approximate surface area is 419 Å². The number of aromatic hydroxyl groups is 2. The second-order valence-electron chi connectivity index (χ2n) is 13.7. The molecule has 6 aromatic rings. The number of nitrogens with two attached hydrogens (primary N) is 5. The van der Waals surface area contributed by atoms with Crippen LogP contribution < -0.4 is 38.9 Å². The number of hydrazine groups is 1. The van der Waals surface area contributed by atoms with Crippen LogP contribution >= 0.6 is 45.2 Å². The van der Waals surface area contributed by atoms with Crippen molar-refractivity contribution in [3.8, 4) is 17.2 Å². The van der Waals surface area contributed by atoms with Gasteiger partial charge in [0.25, 0.3) is 17.7 Å². The highest BCUT2D eigenvalue weighted by Gasteiger charge is 2.42. The van der Waals surface area contributed by atoms with Gasteiger partial charge in [0.15, 0.2) is 0 Å². The molecule has 0 spiro atoms. The fraction of sp³-hybridized carbons (Fsp3) is 0.0889. The van der Waals surface area contributed by atoms with Crippen molar-refractivity contribution >= 4 is 104 Å². The van der Waals surface area contributed by atoms with Gasteiger partial charge in [0.1, 0.15) is 40.0 Å². The van der Waals surface area contributed by atoms with E-state index in [2.05, 4.69) is 4.98 Å². The molecule has 1 aliphatic rings. The SMILES string of the molecule is COc1cc(N)ccc1C(=O)O.NNC(=O)c1ccncc1.Nc1c(I)cc(C(=O)O)c(O)c1I.Nc1ccc(C(=O)O)c(O)c1.Nc1ccc(C(O)C(CO)N2C(=O)c3ccccc3C2=O)cc1. The number of hydrogen-bond donors (Lipinski definition) is 13. The largest absolute Gasteiger partial charge is 0.507 e. The van der Waals surface area contributed by atoms with E-state index < -0.39 is 48.5 Å². The zero-order valence-corrected chi connectivity index (χ0v) is 40.2. The van der Waals surface area contributed by atoms with Crippen LogP contribution in [0.3, 0.4) is 0 Å². The van der Waals surface area contributed by atoms with Crippen molar-refractivity contribution in [2.75, 3.05) is 36.7 Å². The van der Waals surface area contributed by atoms with Crippen molar-refractivity contribution in [1.82, 2.24) is 15.3 Å². The van der Waals surface area contributed by atoms with Crippen LogP contribution in [0.25, 0.3) is 0 Å². The number of aliphatic hydroxyl groups excluding tert-OH is 2. The highest BCUT2D eigenvalue weighted by atomic mass is 127. The first kappa shape index (κ1) is 55.5. The first-order valence-electron chi connectivity index (χ1n) is 19.3. The predicted molar refractivity (Wildman–Crippen MR) is 268 cm³/mol. The van der Waals surface area contributed by atoms with Gasteiger partial charge >= 0.3 is 17.9 Å². The number of carbonyl (C=O) groups is 6. The number of methoxy groups -OCH3 is 1. The number of benzene rings is 5. The van der Waals surface area contributed by atoms with Crippen molar-refractivity contribution in [1.29, 1.82) is 0 Å². The highest BCUT2D eigenvalue weighted by molar-refractivity contribution is 14.1. The average molecular weight is 1170 g/mol. The quantitative estimate of drug-likeness (QED) is 0.0241. The third-order valence-electron chi connectivity index (χ3n) is 9.23. The number of anilines is 4. The van der Waals surface area contributed by atoms with Crippen LogP contribution in [0.4, 0.5) is 22.7 Å². The Morgan fingerprint density at radius 1 is 0.710 bits per heavy atom. The van der Waals surface area contributed by atoms with Crippen molar-refractivity contribution in [3.63, 3.8) is 0 Å². The van der Waals surface area contributed by atoms with Gasteiger partial charge in [-0.3, -0.25) is 29.7 Å². The lowest BCUT2D eigenvalue weighted by atomic mass is 10.0. The van der Waals surface area contributed by atoms with E-state index in [9.17, 15) is 44.1 Å². The molecule has 2 unspecified atom stereocenters. The molecule has 3 amide bonds. The number of fused-ring (bicyclic) bond motifs is 1. The second kappa shape index (κ2) is 25.9. The number of phenols is 2. The highest BCUT2D eigenvalue weighted by Crippen LogP contribution is 2.33. The number of pyridine rings is 1. The van der Waals surface area contributed by atoms with Crippen LogP contribution in [-0.2, 0) is 0 Å². The molecule has 69 heavy (non-hydrogen) atoms. The summed E-state index contributed by atoms with van der Waals surface area (Å²) in [5.41, 5.74) is 27.1. The van der Waals surface area contributed by atoms with E-state index in [-0.39, 0.29) is 51.0 Å². The van der Waals surface area contributed by atoms with Crippen LogP contribution in [0.1, 0.15) is 73.8 Å². The molecule has 0 radical (unpaired) electrons. The molecule has 0 saturated heterocycles. The summed E-state index contributed by atoms with van der Waals surface area (Å²) in [4.78, 5) is 71.9. The van der Waals surface area contributed by atoms with E-state index in [1.165, 1.54) is 62.0 Å². The first-order valence-corrected chi connectivity index (χ1v) is 21.5. The van der Waals surface area contributed by atoms with Gasteiger partial charge in [-0.05, 0) is 117 Å². The Hall–Kier alpha value is -7.79. The van der Waals surface area contributed by atoms with Gasteiger partial charge in [-0.15, -0.1) is 0 Å². The van der Waals surface area contributed by atoms with Gasteiger partial charge in [-0.25, -0.2) is 20.2 Å². The van der Waals surface area contributed by atoms with Crippen molar-refractivity contribution < 1.29 is 69.2 Å². The van der Waals surface area contributed by atoms with Gasteiger partial charge < -0.3 is 63.4 Å². The topological polar surface area (TPSA) is 412 Å². The maximum atomic E-state index is 12.5. The lowest BCUT2D eigenvalue weighted by Crippen LogP contribution is -2.45. The number of carboxylic acids is 3. The number of carbonyl (C=O) groups excluding carboxylic acids is 3. The molecule has 2 heterocycles. The summed E-state index contributed by atoms with van der Waals surface area (Å²) in [6, 6.07) is 24.6. The molecule has 2 atom stereocenters. The van der Waals surface area contributed by atoms with Gasteiger partial charge in [0, 0.05) is 50.7 Å². The number of halogens is 2. The minimum Gasteiger partial charge on any atom is -0.507 e. The molecule has 1 aliphatic heterocycles. The zero-order valence-electron chi connectivity index (χ0n) is 35.9. The van der Waals surface area contributed by atoms with Crippen molar-refractivity contribution in [2.24, 2.45) is 5.84 Å². The summed E-state index contributed by atoms with van der Waals surface area (Å²) in [6.45, 7) is -0.545. The summed E-state index contributed by atoms with van der Waals surface area (Å²) in [5, 5.41) is 64.4. The predicted octanol–water partition coefficient (Wildman–Crippen LogP) is 4.17. The number of hydrogen-bond acceptors (Lipinski definition) is 17. The monoisotopic (exact) mass is 1170 g/mol. The zero-order chi connectivity index (χ0) is 51.7. The van der Waals surface area contributed by atoms with Crippen molar-refractivity contribution in [3.05, 3.63) is 162 Å². The van der Waals surface area contributed by atoms with Gasteiger partial charge in [0.05, 0.1) is 40.1 Å². The summed E-state index contributed by atoms with van der Waals surface area (Å²) < 4.78 is 5.83. The molecule has 0 bridgehead atoms. The summed E-state index contributed by atoms with van der Waals surface area (Å²) in [7, 11) is 1.40. The number of carboxylic acid groups (broad SMARTS) is 3. The normalized spacial score (nSPS) is 11.8. The third-order valence-corrected chi connectivity index (χ3v) is 11.2. The number of nitrogen functional groups attached to an aromatic ring is 5. The molecule has 0 aliphatic carbocycles. The Morgan fingerprint density at radius 2 is 1.20 bits per heavy atom. The van der Waals surface area contributed by atoms with Crippen molar-refractivity contribution in [2.45, 2.75) is 12.1 Å². The van der Waals surface area contributed by atoms with Gasteiger partial charge in [-0.1, -0.05) is 24.3 Å². The molecule has 24 heteroatoms. The lowest BCUT2D eigenvalue weighted by molar-refractivity contribution is 0.0172. The van der Waals surface area contributed by atoms with Crippen LogP contribution in [0, 0.1) is 7.14 Å². The van der Waals surface area contributed by atoms with Crippen LogP contribution in [0.15, 0.2) is 116 Å². The summed E-state index contributed by atoms with van der Waals surface area (Å²) >= 11 is 3.73. The molecule has 22 nitrogen and oxygen atoms in total. The third kappa shape index (κ3) is 14.9. The first-order chi connectivity index (χ1) is 32.6. The standard InChI is InChI=1S/C17H16N2O4.C8H9NO3.C7H5I2NO3.C7H7NO3.C6H7N3O/c18-11-7-5-10(6-8-11)15(21)14(9-20)19-16(22)12-3-1-2-4-13(12)17(19)23;1-12-7-4-5(9)2-3-6(7)8(10)11;8-3-1-2(7(12)13)6(11)4(9)5(3)10;8-4-1-2-5(7(10)11)6(9)3-4;7-9-6(10)5-1-3-8-4-2-5/h1-8,14-15,20-21H,9,18H2;2-4H,9H2,1H3,(H,10,11);1,11H,10H2,(H,12,13);1-3,9H,8H2,(H,10,11);1-4H,7H2,(H,9,10). The molecule has 0 saturated carbocycles. The molecular weight excluding hydrogens is 1130 g/mol. The number of rotatable bonds is 9. The summed E-state index contributed by atoms with van der Waals surface area (Å²) in [5.74, 6) is -0.0933. The smallest absolute Gasteiger partial charge is 0.339 e. The molecule has 18 N–H and O–H groups in total. The number of nitrogens with one attached hydrogen (secondary N) is 1. The number of aromatic nitrogens is 1. The molecule has 7 rings (SSSR count). The fourth-order valence-corrected chi connectivity index (χ4v) is 7.41. The Morgan fingerprint density at radius 3 is 1.67 bits per heavy atom. The molecule has 5 aromatic carbocycles. The fourth-order valence-electron chi connectivity index (χ4n) is 5.73. The maximum Gasteiger partial charge on any atom is 0.339 e. The van der Waals surface area contributed by atoms with Crippen LogP contribution in [-0.4, -0.2) is 101 Å². The lowest BCUT2D eigenvalue weighted by Gasteiger charge is -2.29. The molecule has 1 aromatic heterocycles. The van der Waals surface area contributed by atoms with Gasteiger partial charge in [-0.2, -0.15) is 0 Å². The van der Waals surface area contributed by atoms with E-state index in [1.807, 2.05) is 50.6 Å². The number of aliphatic hydroxyl groups is 2. The van der Waals surface area contributed by atoms with Crippen LogP contribution in [0.5, 0.6) is 17.2 Å². The van der Waals surface area contributed by atoms with E-state index >= 15 is 0 Å². The number of aromatic carboxylic acids is 3. The van der Waals surface area contributed by atoms with E-state index in [0.29, 0.717) is 41.0 Å². The number of ether oxygens (including phenoxy) is 1. The minimum absolute atomic E-state index is 0.117. The Kier molecular flexibility index (Phi) is 20.9. The second-order valence-corrected chi connectivity index (χ2v) is 16.0. The molecular formula is C45H44I2N8O14. The number of nitrogens with zero attached hydrogens (tertiary/aromatic N) is 2. The van der Waals surface area contributed by atoms with Crippen LogP contribution in [0.2, 0.25) is 0 Å². The van der Waals surface area contributed by atoms with E-state index in [1.54, 1.807) is 60.7 Å². The number of imide groups is 1. The van der Waals surface area contributed by atoms with Gasteiger partial charge in [0.2, 0.25) is 0 Å². The number of amides is 3. The van der Waals surface area contributed by atoms with E-state index in [4.69, 9.17) is 53.9 Å². The maximum absolute atomic E-state index is 12.5. The van der Waals surface area contributed by atoms with E-state index in [0.717, 1.165) is 4.90 Å². The minimum atomic E-state index is -1.21. The average Bonchev–Trinajstić information content (AvgIpc) is 3.58. The summed E-state index contributed by atoms with van der Waals surface area (Å²) in [6.07, 6.45) is 1.86.